The minimum absolute atomic E-state index is 0.0585. The fourth-order valence-electron chi connectivity index (χ4n) is 4.61. The predicted molar refractivity (Wildman–Crippen MR) is 150 cm³/mol. The molecule has 3 aromatic heterocycles. The highest BCUT2D eigenvalue weighted by Gasteiger charge is 2.15. The summed E-state index contributed by atoms with van der Waals surface area (Å²) in [5.74, 6) is 1.31. The highest BCUT2D eigenvalue weighted by atomic mass is 16.1. The number of anilines is 1. The van der Waals surface area contributed by atoms with E-state index >= 15 is 0 Å². The zero-order valence-electron chi connectivity index (χ0n) is 21.7. The third-order valence-electron chi connectivity index (χ3n) is 6.65. The second kappa shape index (κ2) is 9.97. The van der Waals surface area contributed by atoms with Crippen LogP contribution in [0.5, 0.6) is 0 Å². The molecule has 0 saturated heterocycles. The maximum Gasteiger partial charge on any atom is 0.162 e. The van der Waals surface area contributed by atoms with E-state index in [2.05, 4.69) is 55.1 Å². The van der Waals surface area contributed by atoms with Crippen LogP contribution in [0.4, 0.5) is 5.82 Å². The summed E-state index contributed by atoms with van der Waals surface area (Å²) in [5.41, 5.74) is 7.64. The Kier molecular flexibility index (Phi) is 6.57. The van der Waals surface area contributed by atoms with Crippen LogP contribution in [0.3, 0.4) is 0 Å². The zero-order valence-corrected chi connectivity index (χ0v) is 21.7. The maximum atomic E-state index is 12.2. The van der Waals surface area contributed by atoms with Gasteiger partial charge in [-0.05, 0) is 47.9 Å². The number of fused-ring (bicyclic) bond motifs is 2. The number of allylic oxidation sites excluding steroid dienone is 1. The summed E-state index contributed by atoms with van der Waals surface area (Å²) < 4.78 is 1.88. The molecule has 5 rings (SSSR count). The van der Waals surface area contributed by atoms with Gasteiger partial charge in [0.25, 0.3) is 0 Å². The largest absolute Gasteiger partial charge is 0.366 e. The molecule has 0 radical (unpaired) electrons. The molecule has 37 heavy (non-hydrogen) atoms. The lowest BCUT2D eigenvalue weighted by Gasteiger charge is -2.14. The third-order valence-corrected chi connectivity index (χ3v) is 6.65. The summed E-state index contributed by atoms with van der Waals surface area (Å²) in [6.07, 6.45) is 4.10. The number of rotatable bonds is 8. The van der Waals surface area contributed by atoms with Crippen LogP contribution in [-0.2, 0) is 17.8 Å². The van der Waals surface area contributed by atoms with Gasteiger partial charge in [-0.25, -0.2) is 4.98 Å². The van der Waals surface area contributed by atoms with Gasteiger partial charge in [-0.2, -0.15) is 9.61 Å². The van der Waals surface area contributed by atoms with E-state index < -0.39 is 0 Å². The summed E-state index contributed by atoms with van der Waals surface area (Å²) in [7, 11) is 0. The highest BCUT2D eigenvalue weighted by Crippen LogP contribution is 2.31. The van der Waals surface area contributed by atoms with Gasteiger partial charge in [0.1, 0.15) is 5.82 Å². The van der Waals surface area contributed by atoms with Gasteiger partial charge in [-0.15, -0.1) is 0 Å². The number of carbonyl (C=O) groups is 1. The molecule has 186 valence electrons. The molecule has 0 atom stereocenters. The first kappa shape index (κ1) is 24.4. The molecule has 0 aliphatic carbocycles. The molecule has 2 aromatic carbocycles. The fraction of sp³-hybridized carbons (Fsp3) is 0.226. The summed E-state index contributed by atoms with van der Waals surface area (Å²) in [6.45, 7) is 12.5. The van der Waals surface area contributed by atoms with E-state index in [-0.39, 0.29) is 5.78 Å². The van der Waals surface area contributed by atoms with Gasteiger partial charge in [0.05, 0.1) is 11.9 Å². The third kappa shape index (κ3) is 4.87. The Labute approximate surface area is 217 Å². The Bertz CT molecular complexity index is 1650. The van der Waals surface area contributed by atoms with Crippen molar-refractivity contribution in [3.8, 4) is 11.3 Å². The predicted octanol–water partition coefficient (Wildman–Crippen LogP) is 6.68. The number of ketones is 1. The number of carbonyl (C=O) groups excluding carboxylic acids is 1. The number of hydrogen-bond acceptors (Lipinski definition) is 5. The number of pyridine rings is 1. The van der Waals surface area contributed by atoms with E-state index in [9.17, 15) is 4.79 Å². The molecule has 5 aromatic rings. The summed E-state index contributed by atoms with van der Waals surface area (Å²) in [5, 5.41) is 10.3. The lowest BCUT2D eigenvalue weighted by molar-refractivity contribution is -0.114. The summed E-state index contributed by atoms with van der Waals surface area (Å²) in [6, 6.07) is 18.5. The van der Waals surface area contributed by atoms with Crippen molar-refractivity contribution in [2.45, 2.75) is 46.6 Å². The molecule has 3 heterocycles. The van der Waals surface area contributed by atoms with Crippen molar-refractivity contribution in [3.63, 3.8) is 0 Å². The van der Waals surface area contributed by atoms with Crippen molar-refractivity contribution < 1.29 is 4.79 Å². The first-order valence-corrected chi connectivity index (χ1v) is 12.6. The Morgan fingerprint density at radius 1 is 1.11 bits per heavy atom. The van der Waals surface area contributed by atoms with Gasteiger partial charge < -0.3 is 5.32 Å². The Morgan fingerprint density at radius 2 is 1.92 bits per heavy atom. The molecule has 0 aliphatic heterocycles. The molecule has 0 fully saturated rings. The molecule has 0 aliphatic rings. The first-order chi connectivity index (χ1) is 17.8. The van der Waals surface area contributed by atoms with Gasteiger partial charge in [0.15, 0.2) is 11.4 Å². The SMILES string of the molecule is C=C(C)C(=O)Cc1ccc2c(-c3ccccc3CNc3cc(C)nc4c(C(C)C)cnn34)nccc2c1. The van der Waals surface area contributed by atoms with E-state index in [1.54, 1.807) is 6.92 Å². The Morgan fingerprint density at radius 3 is 2.70 bits per heavy atom. The number of nitrogens with one attached hydrogen (secondary N) is 1. The van der Waals surface area contributed by atoms with Crippen molar-refractivity contribution >= 4 is 28.0 Å². The van der Waals surface area contributed by atoms with Crippen LogP contribution in [0.15, 0.2) is 79.1 Å². The quantitative estimate of drug-likeness (QED) is 0.246. The molecule has 6 heteroatoms. The summed E-state index contributed by atoms with van der Waals surface area (Å²) in [4.78, 5) is 21.7. The van der Waals surface area contributed by atoms with Gasteiger partial charge in [-0.1, -0.05) is 62.9 Å². The average Bonchev–Trinajstić information content (AvgIpc) is 3.31. The van der Waals surface area contributed by atoms with Crippen molar-refractivity contribution in [3.05, 3.63) is 102 Å². The Hall–Kier alpha value is -4.32. The normalized spacial score (nSPS) is 11.4. The molecule has 0 bridgehead atoms. The number of aryl methyl sites for hydroxylation is 1. The van der Waals surface area contributed by atoms with Crippen LogP contribution in [0.25, 0.3) is 27.7 Å². The molecule has 0 unspecified atom stereocenters. The van der Waals surface area contributed by atoms with Crippen molar-refractivity contribution in [2.75, 3.05) is 5.32 Å². The fourth-order valence-corrected chi connectivity index (χ4v) is 4.61. The minimum Gasteiger partial charge on any atom is -0.366 e. The smallest absolute Gasteiger partial charge is 0.162 e. The monoisotopic (exact) mass is 489 g/mol. The van der Waals surface area contributed by atoms with Gasteiger partial charge in [0, 0.05) is 47.4 Å². The maximum absolute atomic E-state index is 12.2. The van der Waals surface area contributed by atoms with Crippen LogP contribution < -0.4 is 5.32 Å². The molecule has 0 spiro atoms. The highest BCUT2D eigenvalue weighted by molar-refractivity contribution is 5.98. The number of hydrogen-bond donors (Lipinski definition) is 1. The Balaban J connectivity index is 1.48. The van der Waals surface area contributed by atoms with Gasteiger partial charge in [0.2, 0.25) is 0 Å². The standard InChI is InChI=1S/C31H31N5O/c1-19(2)27-18-34-36-29(14-21(5)35-31(27)36)33-17-24-8-6-7-9-25(24)30-26-11-10-22(16-28(37)20(3)4)15-23(26)12-13-32-30/h6-15,18-19,33H,3,16-17H2,1-2,4-5H3. The van der Waals surface area contributed by atoms with Crippen LogP contribution in [-0.4, -0.2) is 25.4 Å². The van der Waals surface area contributed by atoms with Gasteiger partial charge in [-0.3, -0.25) is 9.78 Å². The lowest BCUT2D eigenvalue weighted by atomic mass is 9.97. The second-order valence-corrected chi connectivity index (χ2v) is 9.88. The average molecular weight is 490 g/mol. The second-order valence-electron chi connectivity index (χ2n) is 9.88. The number of aromatic nitrogens is 4. The molecular formula is C31H31N5O. The van der Waals surface area contributed by atoms with E-state index in [1.165, 1.54) is 0 Å². The van der Waals surface area contributed by atoms with E-state index in [1.807, 2.05) is 54.2 Å². The topological polar surface area (TPSA) is 72.2 Å². The molecular weight excluding hydrogens is 458 g/mol. The molecule has 0 amide bonds. The van der Waals surface area contributed by atoms with Crippen molar-refractivity contribution in [2.24, 2.45) is 0 Å². The van der Waals surface area contributed by atoms with Crippen LogP contribution in [0.1, 0.15) is 49.1 Å². The van der Waals surface area contributed by atoms with Gasteiger partial charge >= 0.3 is 0 Å². The molecule has 1 N–H and O–H groups in total. The van der Waals surface area contributed by atoms with E-state index in [0.717, 1.165) is 55.9 Å². The summed E-state index contributed by atoms with van der Waals surface area (Å²) >= 11 is 0. The number of nitrogens with zero attached hydrogens (tertiary/aromatic N) is 4. The van der Waals surface area contributed by atoms with Crippen molar-refractivity contribution in [1.82, 2.24) is 19.6 Å². The van der Waals surface area contributed by atoms with Crippen LogP contribution in [0.2, 0.25) is 0 Å². The molecule has 6 nitrogen and oxygen atoms in total. The van der Waals surface area contributed by atoms with Crippen LogP contribution >= 0.6 is 0 Å². The van der Waals surface area contributed by atoms with E-state index in [4.69, 9.17) is 9.97 Å². The number of benzene rings is 2. The number of Topliss-reactive ketones (excluding diaryl/α,β-unsaturated/α-hetero) is 1. The molecule has 0 saturated carbocycles. The zero-order chi connectivity index (χ0) is 26.1. The minimum atomic E-state index is 0.0585. The van der Waals surface area contributed by atoms with Crippen molar-refractivity contribution in [1.29, 1.82) is 0 Å². The first-order valence-electron chi connectivity index (χ1n) is 12.6. The lowest BCUT2D eigenvalue weighted by Crippen LogP contribution is -2.08. The van der Waals surface area contributed by atoms with E-state index in [0.29, 0.717) is 24.5 Å². The van der Waals surface area contributed by atoms with Crippen LogP contribution in [0, 0.1) is 6.92 Å².